The van der Waals surface area contributed by atoms with Crippen LogP contribution < -0.4 is 0 Å². The molecule has 1 aromatic carbocycles. The number of hydrogen-bond donors (Lipinski definition) is 0. The number of carbonyl (C=O) groups excluding carboxylic acids is 1. The first-order valence-corrected chi connectivity index (χ1v) is 9.82. The largest absolute Gasteiger partial charge is 0.340 e. The number of aryl methyl sites for hydroxylation is 1. The zero-order valence-corrected chi connectivity index (χ0v) is 16.0. The third kappa shape index (κ3) is 4.62. The fourth-order valence-electron chi connectivity index (χ4n) is 4.39. The van der Waals surface area contributed by atoms with Gasteiger partial charge in [-0.1, -0.05) is 37.3 Å². The third-order valence-corrected chi connectivity index (χ3v) is 6.15. The van der Waals surface area contributed by atoms with E-state index in [2.05, 4.69) is 54.0 Å². The van der Waals surface area contributed by atoms with E-state index in [-0.39, 0.29) is 5.91 Å². The number of likely N-dealkylation sites (tertiary alicyclic amines) is 1. The fourth-order valence-corrected chi connectivity index (χ4v) is 4.39. The molecule has 3 atom stereocenters. The van der Waals surface area contributed by atoms with E-state index in [4.69, 9.17) is 0 Å². The topological polar surface area (TPSA) is 26.8 Å². The minimum atomic E-state index is 0.218. The van der Waals surface area contributed by atoms with Gasteiger partial charge in [0.1, 0.15) is 0 Å². The molecule has 3 rings (SSSR count). The maximum absolute atomic E-state index is 11.5. The molecule has 0 saturated carbocycles. The van der Waals surface area contributed by atoms with E-state index in [9.17, 15) is 4.79 Å². The first-order chi connectivity index (χ1) is 12.0. The van der Waals surface area contributed by atoms with Crippen LogP contribution >= 0.6 is 0 Å². The van der Waals surface area contributed by atoms with Gasteiger partial charge >= 0.3 is 0 Å². The highest BCUT2D eigenvalue weighted by Crippen LogP contribution is 2.26. The van der Waals surface area contributed by atoms with Crippen LogP contribution in [-0.4, -0.2) is 72.0 Å². The Bertz CT molecular complexity index is 554. The summed E-state index contributed by atoms with van der Waals surface area (Å²) in [5, 5.41) is 0. The molecule has 4 heteroatoms. The predicted molar refractivity (Wildman–Crippen MR) is 103 cm³/mol. The molecule has 1 amide bonds. The average molecular weight is 344 g/mol. The highest BCUT2D eigenvalue weighted by Gasteiger charge is 2.36. The minimum Gasteiger partial charge on any atom is -0.340 e. The molecule has 1 aromatic rings. The van der Waals surface area contributed by atoms with E-state index in [1.54, 1.807) is 6.92 Å². The van der Waals surface area contributed by atoms with Crippen LogP contribution in [0.5, 0.6) is 0 Å². The molecular formula is C21H33N3O. The second kappa shape index (κ2) is 8.33. The SMILES string of the molecule is CC(=O)N1CCN([C@@H]2CN([C@H](C)CCc3ccccc3)C[C@H]2C)CC1. The average Bonchev–Trinajstić information content (AvgIpc) is 3.02. The summed E-state index contributed by atoms with van der Waals surface area (Å²) < 4.78 is 0. The Morgan fingerprint density at radius 2 is 1.80 bits per heavy atom. The Labute approximate surface area is 152 Å². The van der Waals surface area contributed by atoms with Crippen molar-refractivity contribution < 1.29 is 4.79 Å². The quantitative estimate of drug-likeness (QED) is 0.822. The number of benzene rings is 1. The molecule has 2 aliphatic rings. The van der Waals surface area contributed by atoms with E-state index >= 15 is 0 Å². The first kappa shape index (κ1) is 18.4. The van der Waals surface area contributed by atoms with Gasteiger partial charge in [0.2, 0.25) is 5.91 Å². The van der Waals surface area contributed by atoms with Crippen LogP contribution in [-0.2, 0) is 11.2 Å². The van der Waals surface area contributed by atoms with Crippen molar-refractivity contribution in [3.63, 3.8) is 0 Å². The van der Waals surface area contributed by atoms with Gasteiger partial charge in [-0.25, -0.2) is 0 Å². The van der Waals surface area contributed by atoms with Crippen molar-refractivity contribution in [2.45, 2.75) is 45.7 Å². The highest BCUT2D eigenvalue weighted by atomic mass is 16.2. The molecule has 2 fully saturated rings. The van der Waals surface area contributed by atoms with Gasteiger partial charge in [0.15, 0.2) is 0 Å². The van der Waals surface area contributed by atoms with Crippen LogP contribution in [0.3, 0.4) is 0 Å². The highest BCUT2D eigenvalue weighted by molar-refractivity contribution is 5.73. The molecule has 0 spiro atoms. The van der Waals surface area contributed by atoms with Crippen LogP contribution in [0.25, 0.3) is 0 Å². The molecule has 4 nitrogen and oxygen atoms in total. The van der Waals surface area contributed by atoms with E-state index in [0.29, 0.717) is 18.0 Å². The molecule has 0 bridgehead atoms. The number of hydrogen-bond acceptors (Lipinski definition) is 3. The summed E-state index contributed by atoms with van der Waals surface area (Å²) in [5.41, 5.74) is 1.44. The van der Waals surface area contributed by atoms with Crippen LogP contribution in [0.2, 0.25) is 0 Å². The van der Waals surface area contributed by atoms with Crippen molar-refractivity contribution in [2.75, 3.05) is 39.3 Å². The van der Waals surface area contributed by atoms with Crippen molar-refractivity contribution in [1.82, 2.24) is 14.7 Å². The molecule has 0 N–H and O–H groups in total. The molecule has 25 heavy (non-hydrogen) atoms. The molecule has 2 saturated heterocycles. The lowest BCUT2D eigenvalue weighted by atomic mass is 10.0. The third-order valence-electron chi connectivity index (χ3n) is 6.15. The smallest absolute Gasteiger partial charge is 0.219 e. The molecular weight excluding hydrogens is 310 g/mol. The first-order valence-electron chi connectivity index (χ1n) is 9.82. The van der Waals surface area contributed by atoms with Crippen molar-refractivity contribution in [3.8, 4) is 0 Å². The Balaban J connectivity index is 1.48. The lowest BCUT2D eigenvalue weighted by molar-refractivity contribution is -0.130. The fraction of sp³-hybridized carbons (Fsp3) is 0.667. The second-order valence-electron chi connectivity index (χ2n) is 7.91. The number of piperazine rings is 1. The van der Waals surface area contributed by atoms with Crippen molar-refractivity contribution in [3.05, 3.63) is 35.9 Å². The molecule has 138 valence electrons. The van der Waals surface area contributed by atoms with Gasteiger partial charge in [0, 0.05) is 58.3 Å². The lowest BCUT2D eigenvalue weighted by Gasteiger charge is -2.39. The van der Waals surface area contributed by atoms with Gasteiger partial charge in [0.05, 0.1) is 0 Å². The minimum absolute atomic E-state index is 0.218. The molecule has 2 heterocycles. The Hall–Kier alpha value is -1.39. The van der Waals surface area contributed by atoms with Gasteiger partial charge < -0.3 is 4.90 Å². The van der Waals surface area contributed by atoms with E-state index in [1.807, 2.05) is 4.90 Å². The maximum atomic E-state index is 11.5. The maximum Gasteiger partial charge on any atom is 0.219 e. The normalized spacial score (nSPS) is 26.8. The molecule has 2 aliphatic heterocycles. The number of rotatable bonds is 5. The van der Waals surface area contributed by atoms with Crippen LogP contribution in [0.1, 0.15) is 32.8 Å². The van der Waals surface area contributed by atoms with E-state index < -0.39 is 0 Å². The van der Waals surface area contributed by atoms with Gasteiger partial charge in [0.25, 0.3) is 0 Å². The lowest BCUT2D eigenvalue weighted by Crippen LogP contribution is -2.53. The van der Waals surface area contributed by atoms with Gasteiger partial charge in [-0.05, 0) is 31.2 Å². The monoisotopic (exact) mass is 343 g/mol. The zero-order valence-electron chi connectivity index (χ0n) is 16.0. The molecule has 0 unspecified atom stereocenters. The van der Waals surface area contributed by atoms with Crippen molar-refractivity contribution in [2.24, 2.45) is 5.92 Å². The summed E-state index contributed by atoms with van der Waals surface area (Å²) in [6.45, 7) is 12.7. The number of nitrogens with zero attached hydrogens (tertiary/aromatic N) is 3. The zero-order chi connectivity index (χ0) is 17.8. The Morgan fingerprint density at radius 1 is 1.12 bits per heavy atom. The number of carbonyl (C=O) groups is 1. The second-order valence-corrected chi connectivity index (χ2v) is 7.91. The van der Waals surface area contributed by atoms with E-state index in [0.717, 1.165) is 32.6 Å². The summed E-state index contributed by atoms with van der Waals surface area (Å²) in [6.07, 6.45) is 2.39. The van der Waals surface area contributed by atoms with Gasteiger partial charge in [-0.3, -0.25) is 14.6 Å². The summed E-state index contributed by atoms with van der Waals surface area (Å²) in [6, 6.07) is 12.1. The predicted octanol–water partition coefficient (Wildman–Crippen LogP) is 2.49. The van der Waals surface area contributed by atoms with E-state index in [1.165, 1.54) is 25.1 Å². The standard InChI is InChI=1S/C21H33N3O/c1-17-15-24(18(2)9-10-20-7-5-4-6-8-20)16-21(17)23-13-11-22(12-14-23)19(3)25/h4-8,17-18,21H,9-16H2,1-3H3/t17-,18-,21-/m1/s1. The number of amides is 1. The van der Waals surface area contributed by atoms with Crippen molar-refractivity contribution >= 4 is 5.91 Å². The van der Waals surface area contributed by atoms with Crippen LogP contribution in [0.15, 0.2) is 30.3 Å². The summed E-state index contributed by atoms with van der Waals surface area (Å²) >= 11 is 0. The molecule has 0 aromatic heterocycles. The summed E-state index contributed by atoms with van der Waals surface area (Å²) in [7, 11) is 0. The van der Waals surface area contributed by atoms with Crippen LogP contribution in [0.4, 0.5) is 0 Å². The molecule has 0 aliphatic carbocycles. The molecule has 0 radical (unpaired) electrons. The van der Waals surface area contributed by atoms with Gasteiger partial charge in [-0.2, -0.15) is 0 Å². The van der Waals surface area contributed by atoms with Gasteiger partial charge in [-0.15, -0.1) is 0 Å². The Morgan fingerprint density at radius 3 is 2.44 bits per heavy atom. The van der Waals surface area contributed by atoms with Crippen molar-refractivity contribution in [1.29, 1.82) is 0 Å². The van der Waals surface area contributed by atoms with Crippen LogP contribution in [0, 0.1) is 5.92 Å². The summed E-state index contributed by atoms with van der Waals surface area (Å²) in [5.74, 6) is 0.929. The summed E-state index contributed by atoms with van der Waals surface area (Å²) in [4.78, 5) is 18.8. The Kier molecular flexibility index (Phi) is 6.13.